The van der Waals surface area contributed by atoms with E-state index in [4.69, 9.17) is 9.47 Å². The van der Waals surface area contributed by atoms with Gasteiger partial charge in [0.2, 0.25) is 0 Å². The Kier molecular flexibility index (Phi) is 5.22. The molecular formula is C16H22N2O3. The van der Waals surface area contributed by atoms with Gasteiger partial charge in [-0.2, -0.15) is 5.10 Å². The van der Waals surface area contributed by atoms with Crippen molar-refractivity contribution in [2.75, 3.05) is 14.2 Å². The summed E-state index contributed by atoms with van der Waals surface area (Å²) >= 11 is 0. The number of benzene rings is 1. The second-order valence-corrected chi connectivity index (χ2v) is 4.89. The van der Waals surface area contributed by atoms with Crippen molar-refractivity contribution < 1.29 is 14.6 Å². The highest BCUT2D eigenvalue weighted by Crippen LogP contribution is 2.29. The Labute approximate surface area is 125 Å². The number of aryl methyl sites for hydroxylation is 1. The number of hydrogen-bond donors (Lipinski definition) is 1. The molecular weight excluding hydrogens is 268 g/mol. The number of hydrogen-bond acceptors (Lipinski definition) is 4. The average molecular weight is 290 g/mol. The number of aromatic nitrogens is 2. The predicted molar refractivity (Wildman–Crippen MR) is 80.7 cm³/mol. The first-order chi connectivity index (χ1) is 10.2. The van der Waals surface area contributed by atoms with E-state index >= 15 is 0 Å². The SMILES string of the molecule is CCCn1nccc1C(O)Cc1ccc(OC)c(OC)c1. The number of methoxy groups -OCH3 is 2. The van der Waals surface area contributed by atoms with Gasteiger partial charge in [0.15, 0.2) is 11.5 Å². The molecule has 0 aliphatic rings. The van der Waals surface area contributed by atoms with Crippen molar-refractivity contribution in [3.8, 4) is 11.5 Å². The fraction of sp³-hybridized carbons (Fsp3) is 0.438. The summed E-state index contributed by atoms with van der Waals surface area (Å²) < 4.78 is 12.4. The highest BCUT2D eigenvalue weighted by Gasteiger charge is 2.15. The van der Waals surface area contributed by atoms with E-state index in [9.17, 15) is 5.11 Å². The predicted octanol–water partition coefficient (Wildman–Crippen LogP) is 2.59. The van der Waals surface area contributed by atoms with Crippen molar-refractivity contribution in [1.82, 2.24) is 9.78 Å². The van der Waals surface area contributed by atoms with Gasteiger partial charge in [-0.1, -0.05) is 13.0 Å². The van der Waals surface area contributed by atoms with Gasteiger partial charge in [-0.05, 0) is 30.2 Å². The lowest BCUT2D eigenvalue weighted by Gasteiger charge is -2.14. The van der Waals surface area contributed by atoms with Crippen molar-refractivity contribution in [2.45, 2.75) is 32.4 Å². The smallest absolute Gasteiger partial charge is 0.160 e. The molecule has 1 aromatic carbocycles. The average Bonchev–Trinajstić information content (AvgIpc) is 2.96. The zero-order valence-corrected chi connectivity index (χ0v) is 12.7. The molecule has 2 rings (SSSR count). The molecule has 0 amide bonds. The molecule has 2 aromatic rings. The van der Waals surface area contributed by atoms with Crippen LogP contribution in [-0.2, 0) is 13.0 Å². The van der Waals surface area contributed by atoms with Gasteiger partial charge < -0.3 is 14.6 Å². The Morgan fingerprint density at radius 1 is 1.19 bits per heavy atom. The van der Waals surface area contributed by atoms with Crippen LogP contribution in [0.5, 0.6) is 11.5 Å². The minimum absolute atomic E-state index is 0.510. The second kappa shape index (κ2) is 7.13. The van der Waals surface area contributed by atoms with Gasteiger partial charge in [-0.3, -0.25) is 4.68 Å². The number of ether oxygens (including phenoxy) is 2. The van der Waals surface area contributed by atoms with Crippen LogP contribution in [0.3, 0.4) is 0 Å². The molecule has 0 spiro atoms. The van der Waals surface area contributed by atoms with Crippen LogP contribution >= 0.6 is 0 Å². The van der Waals surface area contributed by atoms with Crippen molar-refractivity contribution in [3.63, 3.8) is 0 Å². The highest BCUT2D eigenvalue weighted by atomic mass is 16.5. The fourth-order valence-corrected chi connectivity index (χ4v) is 2.36. The summed E-state index contributed by atoms with van der Waals surface area (Å²) in [7, 11) is 3.21. The van der Waals surface area contributed by atoms with E-state index < -0.39 is 6.10 Å². The molecule has 0 aliphatic heterocycles. The Morgan fingerprint density at radius 2 is 1.95 bits per heavy atom. The number of aliphatic hydroxyl groups is 1. The van der Waals surface area contributed by atoms with Crippen molar-refractivity contribution in [1.29, 1.82) is 0 Å². The molecule has 5 heteroatoms. The summed E-state index contributed by atoms with van der Waals surface area (Å²) in [5, 5.41) is 14.7. The largest absolute Gasteiger partial charge is 0.493 e. The summed E-state index contributed by atoms with van der Waals surface area (Å²) in [6.45, 7) is 2.90. The Morgan fingerprint density at radius 3 is 2.62 bits per heavy atom. The normalized spacial score (nSPS) is 12.2. The van der Waals surface area contributed by atoms with E-state index in [0.29, 0.717) is 17.9 Å². The van der Waals surface area contributed by atoms with Crippen LogP contribution in [0, 0.1) is 0 Å². The number of aliphatic hydroxyl groups excluding tert-OH is 1. The topological polar surface area (TPSA) is 56.5 Å². The summed E-state index contributed by atoms with van der Waals surface area (Å²) in [6, 6.07) is 7.54. The molecule has 5 nitrogen and oxygen atoms in total. The van der Waals surface area contributed by atoms with E-state index in [0.717, 1.165) is 24.2 Å². The number of nitrogens with zero attached hydrogens (tertiary/aromatic N) is 2. The molecule has 1 unspecified atom stereocenters. The minimum Gasteiger partial charge on any atom is -0.493 e. The zero-order chi connectivity index (χ0) is 15.2. The molecule has 0 saturated heterocycles. The first-order valence-corrected chi connectivity index (χ1v) is 7.10. The van der Waals surface area contributed by atoms with E-state index in [1.807, 2.05) is 28.9 Å². The lowest BCUT2D eigenvalue weighted by molar-refractivity contribution is 0.166. The molecule has 1 atom stereocenters. The van der Waals surface area contributed by atoms with Gasteiger partial charge in [-0.15, -0.1) is 0 Å². The van der Waals surface area contributed by atoms with Crippen LogP contribution in [0.1, 0.15) is 30.7 Å². The molecule has 0 aliphatic carbocycles. The van der Waals surface area contributed by atoms with E-state index in [2.05, 4.69) is 12.0 Å². The van der Waals surface area contributed by atoms with Gasteiger partial charge in [0.25, 0.3) is 0 Å². The zero-order valence-electron chi connectivity index (χ0n) is 12.7. The molecule has 0 radical (unpaired) electrons. The highest BCUT2D eigenvalue weighted by molar-refractivity contribution is 5.43. The number of rotatable bonds is 7. The first-order valence-electron chi connectivity index (χ1n) is 7.10. The van der Waals surface area contributed by atoms with Crippen molar-refractivity contribution in [3.05, 3.63) is 41.7 Å². The van der Waals surface area contributed by atoms with Crippen LogP contribution in [0.2, 0.25) is 0 Å². The monoisotopic (exact) mass is 290 g/mol. The van der Waals surface area contributed by atoms with Crippen LogP contribution in [-0.4, -0.2) is 29.1 Å². The standard InChI is InChI=1S/C16H22N2O3/c1-4-9-18-13(7-8-17-18)14(19)10-12-5-6-15(20-2)16(11-12)21-3/h5-8,11,14,19H,4,9-10H2,1-3H3. The summed E-state index contributed by atoms with van der Waals surface area (Å²) in [6.07, 6.45) is 2.63. The molecule has 1 aromatic heterocycles. The summed E-state index contributed by atoms with van der Waals surface area (Å²) in [5.74, 6) is 1.36. The molecule has 0 saturated carbocycles. The van der Waals surface area contributed by atoms with E-state index in [-0.39, 0.29) is 0 Å². The molecule has 114 valence electrons. The quantitative estimate of drug-likeness (QED) is 0.851. The van der Waals surface area contributed by atoms with Crippen LogP contribution < -0.4 is 9.47 Å². The maximum atomic E-state index is 10.4. The molecule has 1 heterocycles. The summed E-state index contributed by atoms with van der Waals surface area (Å²) in [5.41, 5.74) is 1.83. The Balaban J connectivity index is 2.15. The first kappa shape index (κ1) is 15.4. The molecule has 0 fully saturated rings. The lowest BCUT2D eigenvalue weighted by Crippen LogP contribution is -2.11. The maximum Gasteiger partial charge on any atom is 0.160 e. The van der Waals surface area contributed by atoms with Crippen LogP contribution in [0.4, 0.5) is 0 Å². The molecule has 1 N–H and O–H groups in total. The third-order valence-electron chi connectivity index (χ3n) is 3.40. The van der Waals surface area contributed by atoms with Crippen LogP contribution in [0.25, 0.3) is 0 Å². The fourth-order valence-electron chi connectivity index (χ4n) is 2.36. The Hall–Kier alpha value is -2.01. The van der Waals surface area contributed by atoms with E-state index in [1.54, 1.807) is 20.4 Å². The van der Waals surface area contributed by atoms with Crippen molar-refractivity contribution in [2.24, 2.45) is 0 Å². The Bertz CT molecular complexity index is 581. The summed E-state index contributed by atoms with van der Waals surface area (Å²) in [4.78, 5) is 0. The van der Waals surface area contributed by atoms with E-state index in [1.165, 1.54) is 0 Å². The van der Waals surface area contributed by atoms with Gasteiger partial charge >= 0.3 is 0 Å². The lowest BCUT2D eigenvalue weighted by atomic mass is 10.0. The third kappa shape index (κ3) is 3.55. The maximum absolute atomic E-state index is 10.4. The second-order valence-electron chi connectivity index (χ2n) is 4.89. The molecule has 21 heavy (non-hydrogen) atoms. The third-order valence-corrected chi connectivity index (χ3v) is 3.40. The van der Waals surface area contributed by atoms with Gasteiger partial charge in [-0.25, -0.2) is 0 Å². The van der Waals surface area contributed by atoms with Gasteiger partial charge in [0, 0.05) is 19.2 Å². The molecule has 0 bridgehead atoms. The van der Waals surface area contributed by atoms with Crippen molar-refractivity contribution >= 4 is 0 Å². The minimum atomic E-state index is -0.586. The van der Waals surface area contributed by atoms with Gasteiger partial charge in [0.1, 0.15) is 0 Å². The van der Waals surface area contributed by atoms with Crippen LogP contribution in [0.15, 0.2) is 30.5 Å². The van der Waals surface area contributed by atoms with Gasteiger partial charge in [0.05, 0.1) is 26.0 Å².